The van der Waals surface area contributed by atoms with Crippen LogP contribution >= 0.6 is 0 Å². The van der Waals surface area contributed by atoms with Gasteiger partial charge in [-0.2, -0.15) is 5.26 Å². The van der Waals surface area contributed by atoms with Crippen LogP contribution < -0.4 is 0 Å². The highest BCUT2D eigenvalue weighted by molar-refractivity contribution is 5.81. The Balaban J connectivity index is 1.94. The summed E-state index contributed by atoms with van der Waals surface area (Å²) >= 11 is 0. The van der Waals surface area contributed by atoms with Gasteiger partial charge in [-0.15, -0.1) is 4.99 Å². The van der Waals surface area contributed by atoms with E-state index in [9.17, 15) is 5.26 Å². The SMILES string of the molecule is CCCCN(Cc1ccccc1)C(=NC#N)N(Cc1ccccc1)Cc1ccccc1. The molecule has 0 aromatic heterocycles. The second-order valence-corrected chi connectivity index (χ2v) is 7.60. The summed E-state index contributed by atoms with van der Waals surface area (Å²) in [6.07, 6.45) is 4.20. The lowest BCUT2D eigenvalue weighted by molar-refractivity contribution is 0.297. The molecule has 4 nitrogen and oxygen atoms in total. The summed E-state index contributed by atoms with van der Waals surface area (Å²) in [4.78, 5) is 8.80. The van der Waals surface area contributed by atoms with Crippen molar-refractivity contribution in [3.63, 3.8) is 0 Å². The molecule has 0 aliphatic carbocycles. The zero-order valence-electron chi connectivity index (χ0n) is 18.2. The molecule has 0 amide bonds. The molecule has 3 aromatic rings. The lowest BCUT2D eigenvalue weighted by Gasteiger charge is -2.34. The van der Waals surface area contributed by atoms with Crippen LogP contribution in [0.25, 0.3) is 0 Å². The third kappa shape index (κ3) is 7.01. The van der Waals surface area contributed by atoms with Crippen LogP contribution in [-0.4, -0.2) is 22.3 Å². The average Bonchev–Trinajstić information content (AvgIpc) is 2.82. The summed E-state index contributed by atoms with van der Waals surface area (Å²) in [6.45, 7) is 5.14. The minimum absolute atomic E-state index is 0.688. The second kappa shape index (κ2) is 12.2. The Morgan fingerprint density at radius 1 is 0.710 bits per heavy atom. The van der Waals surface area contributed by atoms with E-state index < -0.39 is 0 Å². The van der Waals surface area contributed by atoms with E-state index in [2.05, 4.69) is 101 Å². The molecule has 0 N–H and O–H groups in total. The topological polar surface area (TPSA) is 42.6 Å². The summed E-state index contributed by atoms with van der Waals surface area (Å²) in [5.41, 5.74) is 3.60. The van der Waals surface area contributed by atoms with Gasteiger partial charge in [0.2, 0.25) is 12.2 Å². The van der Waals surface area contributed by atoms with E-state index in [1.165, 1.54) is 16.7 Å². The quantitative estimate of drug-likeness (QED) is 0.253. The zero-order valence-corrected chi connectivity index (χ0v) is 18.2. The second-order valence-electron chi connectivity index (χ2n) is 7.60. The molecule has 0 saturated carbocycles. The Kier molecular flexibility index (Phi) is 8.70. The Morgan fingerprint density at radius 2 is 1.13 bits per heavy atom. The maximum Gasteiger partial charge on any atom is 0.213 e. The minimum atomic E-state index is 0.688. The average molecular weight is 411 g/mol. The van der Waals surface area contributed by atoms with Crippen LogP contribution in [0, 0.1) is 11.5 Å². The molecule has 0 radical (unpaired) electrons. The number of rotatable bonds is 9. The zero-order chi connectivity index (χ0) is 21.7. The van der Waals surface area contributed by atoms with E-state index in [1.54, 1.807) is 0 Å². The first kappa shape index (κ1) is 22.1. The van der Waals surface area contributed by atoms with E-state index in [0.717, 1.165) is 31.9 Å². The monoisotopic (exact) mass is 410 g/mol. The van der Waals surface area contributed by atoms with Crippen molar-refractivity contribution in [2.24, 2.45) is 4.99 Å². The first-order valence-corrected chi connectivity index (χ1v) is 10.9. The number of hydrogen-bond acceptors (Lipinski definition) is 2. The van der Waals surface area contributed by atoms with E-state index in [-0.39, 0.29) is 0 Å². The van der Waals surface area contributed by atoms with Gasteiger partial charge in [-0.05, 0) is 23.1 Å². The number of guanidine groups is 1. The molecule has 3 rings (SSSR count). The van der Waals surface area contributed by atoms with Crippen molar-refractivity contribution < 1.29 is 0 Å². The van der Waals surface area contributed by atoms with Crippen molar-refractivity contribution in [3.8, 4) is 6.19 Å². The van der Waals surface area contributed by atoms with Crippen molar-refractivity contribution in [1.29, 1.82) is 5.26 Å². The number of benzene rings is 3. The Labute approximate surface area is 186 Å². The molecule has 0 unspecified atom stereocenters. The van der Waals surface area contributed by atoms with Gasteiger partial charge >= 0.3 is 0 Å². The maximum absolute atomic E-state index is 9.57. The molecular weight excluding hydrogens is 380 g/mol. The molecule has 4 heteroatoms. The molecular formula is C27H30N4. The third-order valence-corrected chi connectivity index (χ3v) is 5.15. The Morgan fingerprint density at radius 3 is 1.52 bits per heavy atom. The normalized spacial score (nSPS) is 11.0. The molecule has 0 aliphatic heterocycles. The summed E-state index contributed by atoms with van der Waals surface area (Å²) in [5, 5.41) is 9.57. The van der Waals surface area contributed by atoms with Crippen LogP contribution in [0.4, 0.5) is 0 Å². The van der Waals surface area contributed by atoms with Crippen LogP contribution in [0.3, 0.4) is 0 Å². The number of hydrogen-bond donors (Lipinski definition) is 0. The lowest BCUT2D eigenvalue weighted by atomic mass is 10.1. The third-order valence-electron chi connectivity index (χ3n) is 5.15. The molecule has 3 aromatic carbocycles. The highest BCUT2D eigenvalue weighted by Gasteiger charge is 2.20. The van der Waals surface area contributed by atoms with E-state index in [1.807, 2.05) is 18.2 Å². The summed E-state index contributed by atoms with van der Waals surface area (Å²) in [5.74, 6) is 0.729. The van der Waals surface area contributed by atoms with Crippen LogP contribution in [-0.2, 0) is 19.6 Å². The van der Waals surface area contributed by atoms with Gasteiger partial charge in [-0.25, -0.2) is 0 Å². The smallest absolute Gasteiger partial charge is 0.213 e. The standard InChI is InChI=1S/C27H30N4/c1-2-3-19-30(20-24-13-7-4-8-14-24)27(29-23-28)31(21-25-15-9-5-10-16-25)22-26-17-11-6-12-18-26/h4-18H,2-3,19-22H2,1H3. The number of unbranched alkanes of at least 4 members (excludes halogenated alkanes) is 1. The van der Waals surface area contributed by atoms with Crippen LogP contribution in [0.1, 0.15) is 36.5 Å². The van der Waals surface area contributed by atoms with Gasteiger partial charge in [0.1, 0.15) is 0 Å². The highest BCUT2D eigenvalue weighted by Crippen LogP contribution is 2.16. The predicted molar refractivity (Wildman–Crippen MR) is 127 cm³/mol. The van der Waals surface area contributed by atoms with Crippen molar-refractivity contribution in [1.82, 2.24) is 9.80 Å². The fraction of sp³-hybridized carbons (Fsp3) is 0.259. The van der Waals surface area contributed by atoms with E-state index in [0.29, 0.717) is 13.1 Å². The largest absolute Gasteiger partial charge is 0.338 e. The fourth-order valence-electron chi connectivity index (χ4n) is 3.59. The van der Waals surface area contributed by atoms with Crippen LogP contribution in [0.15, 0.2) is 96.0 Å². The highest BCUT2D eigenvalue weighted by atomic mass is 15.4. The molecule has 0 bridgehead atoms. The van der Waals surface area contributed by atoms with Crippen molar-refractivity contribution in [3.05, 3.63) is 108 Å². The molecule has 0 fully saturated rings. The molecule has 0 spiro atoms. The first-order valence-electron chi connectivity index (χ1n) is 10.9. The molecule has 0 atom stereocenters. The van der Waals surface area contributed by atoms with Crippen molar-refractivity contribution in [2.75, 3.05) is 6.54 Å². The van der Waals surface area contributed by atoms with Gasteiger partial charge in [0, 0.05) is 26.2 Å². The van der Waals surface area contributed by atoms with E-state index >= 15 is 0 Å². The molecule has 31 heavy (non-hydrogen) atoms. The predicted octanol–water partition coefficient (Wildman–Crippen LogP) is 5.83. The number of nitriles is 1. The van der Waals surface area contributed by atoms with Gasteiger partial charge in [-0.3, -0.25) is 0 Å². The molecule has 0 heterocycles. The fourth-order valence-corrected chi connectivity index (χ4v) is 3.59. The Bertz CT molecular complexity index is 921. The maximum atomic E-state index is 9.57. The van der Waals surface area contributed by atoms with Gasteiger partial charge in [0.15, 0.2) is 0 Å². The van der Waals surface area contributed by atoms with Crippen LogP contribution in [0.5, 0.6) is 0 Å². The number of aliphatic imine (C=N–C) groups is 1. The molecule has 0 aliphatic rings. The minimum Gasteiger partial charge on any atom is -0.338 e. The van der Waals surface area contributed by atoms with Gasteiger partial charge in [0.25, 0.3) is 0 Å². The lowest BCUT2D eigenvalue weighted by Crippen LogP contribution is -2.44. The summed E-state index contributed by atoms with van der Waals surface area (Å²) in [7, 11) is 0. The van der Waals surface area contributed by atoms with Crippen molar-refractivity contribution >= 4 is 5.96 Å². The first-order chi connectivity index (χ1) is 15.3. The van der Waals surface area contributed by atoms with Crippen LogP contribution in [0.2, 0.25) is 0 Å². The summed E-state index contributed by atoms with van der Waals surface area (Å²) in [6, 6.07) is 31.1. The van der Waals surface area contributed by atoms with Crippen molar-refractivity contribution in [2.45, 2.75) is 39.4 Å². The molecule has 158 valence electrons. The van der Waals surface area contributed by atoms with Gasteiger partial charge in [-0.1, -0.05) is 104 Å². The molecule has 0 saturated heterocycles. The van der Waals surface area contributed by atoms with E-state index in [4.69, 9.17) is 0 Å². The van der Waals surface area contributed by atoms with Gasteiger partial charge in [0.05, 0.1) is 0 Å². The summed E-state index contributed by atoms with van der Waals surface area (Å²) < 4.78 is 0. The number of nitrogens with zero attached hydrogens (tertiary/aromatic N) is 4. The van der Waals surface area contributed by atoms with Gasteiger partial charge < -0.3 is 9.80 Å². The Hall–Kier alpha value is -3.58.